The summed E-state index contributed by atoms with van der Waals surface area (Å²) in [6.07, 6.45) is 0. The van der Waals surface area contributed by atoms with Gasteiger partial charge in [0.1, 0.15) is 0 Å². The van der Waals surface area contributed by atoms with Crippen LogP contribution in [0.3, 0.4) is 0 Å². The number of ether oxygens (including phenoxy) is 2. The number of H-pyrrole nitrogens is 1. The Balaban J connectivity index is 1.56. The van der Waals surface area contributed by atoms with Crippen LogP contribution in [0.4, 0.5) is 11.6 Å². The third-order valence-electron chi connectivity index (χ3n) is 4.24. The van der Waals surface area contributed by atoms with E-state index < -0.39 is 0 Å². The van der Waals surface area contributed by atoms with Crippen molar-refractivity contribution in [2.24, 2.45) is 0 Å². The van der Waals surface area contributed by atoms with E-state index in [0.717, 1.165) is 11.2 Å². The molecular formula is C20H19N5O4. The number of imidazole rings is 1. The van der Waals surface area contributed by atoms with E-state index >= 15 is 0 Å². The number of aromatic nitrogens is 4. The van der Waals surface area contributed by atoms with E-state index in [0.29, 0.717) is 41.6 Å². The minimum atomic E-state index is -0.382. The van der Waals surface area contributed by atoms with Gasteiger partial charge >= 0.3 is 11.9 Å². The number of nitrogens with one attached hydrogen (secondary N) is 2. The molecule has 148 valence electrons. The molecule has 0 amide bonds. The summed E-state index contributed by atoms with van der Waals surface area (Å²) in [5.41, 5.74) is 3.10. The summed E-state index contributed by atoms with van der Waals surface area (Å²) in [6.45, 7) is 4.18. The zero-order valence-electron chi connectivity index (χ0n) is 15.9. The highest BCUT2D eigenvalue weighted by Gasteiger charge is 2.14. The minimum absolute atomic E-state index is 0.318. The molecule has 9 nitrogen and oxygen atoms in total. The monoisotopic (exact) mass is 393 g/mol. The standard InChI is InChI=1S/C20H19N5O4/c1-3-28-17(26)12-5-8-14(9-6-12)21-19-23-20-22-15-11-13(18(27)29-4-2)7-10-16(15)25(20)24-19/h5-11H,3-4H2,1-2H3,(H2,21,22,23,24). The molecule has 0 aliphatic rings. The van der Waals surface area contributed by atoms with Crippen LogP contribution < -0.4 is 5.32 Å². The van der Waals surface area contributed by atoms with E-state index in [9.17, 15) is 9.59 Å². The van der Waals surface area contributed by atoms with Gasteiger partial charge in [0.05, 0.1) is 35.4 Å². The quantitative estimate of drug-likeness (QED) is 0.484. The van der Waals surface area contributed by atoms with E-state index in [-0.39, 0.29) is 11.9 Å². The van der Waals surface area contributed by atoms with E-state index in [1.54, 1.807) is 60.8 Å². The van der Waals surface area contributed by atoms with E-state index in [2.05, 4.69) is 20.4 Å². The zero-order valence-corrected chi connectivity index (χ0v) is 15.9. The molecule has 4 rings (SSSR count). The largest absolute Gasteiger partial charge is 0.462 e. The van der Waals surface area contributed by atoms with Gasteiger partial charge in [-0.2, -0.15) is 4.98 Å². The molecule has 0 spiro atoms. The maximum absolute atomic E-state index is 11.9. The maximum Gasteiger partial charge on any atom is 0.338 e. The molecule has 0 bridgehead atoms. The summed E-state index contributed by atoms with van der Waals surface area (Å²) in [7, 11) is 0. The lowest BCUT2D eigenvalue weighted by Gasteiger charge is -2.05. The summed E-state index contributed by atoms with van der Waals surface area (Å²) < 4.78 is 11.7. The number of hydrogen-bond donors (Lipinski definition) is 2. The van der Waals surface area contributed by atoms with Crippen LogP contribution in [0.1, 0.15) is 34.6 Å². The fourth-order valence-corrected chi connectivity index (χ4v) is 2.92. The molecule has 0 atom stereocenters. The predicted octanol–water partition coefficient (Wildman–Crippen LogP) is 3.31. The number of carbonyl (C=O) groups is 2. The van der Waals surface area contributed by atoms with E-state index in [1.165, 1.54) is 0 Å². The lowest BCUT2D eigenvalue weighted by atomic mass is 10.2. The van der Waals surface area contributed by atoms with Crippen molar-refractivity contribution in [2.45, 2.75) is 13.8 Å². The molecule has 0 unspecified atom stereocenters. The number of esters is 2. The Labute approximate surface area is 165 Å². The molecule has 0 fully saturated rings. The van der Waals surface area contributed by atoms with Crippen molar-refractivity contribution in [1.82, 2.24) is 19.6 Å². The summed E-state index contributed by atoms with van der Waals surface area (Å²) in [4.78, 5) is 32.5. The highest BCUT2D eigenvalue weighted by Crippen LogP contribution is 2.20. The van der Waals surface area contributed by atoms with Gasteiger partial charge < -0.3 is 14.8 Å². The fraction of sp³-hybridized carbons (Fsp3) is 0.200. The molecular weight excluding hydrogens is 374 g/mol. The minimum Gasteiger partial charge on any atom is -0.462 e. The number of rotatable bonds is 6. The number of fused-ring (bicyclic) bond motifs is 3. The molecule has 0 aliphatic carbocycles. The lowest BCUT2D eigenvalue weighted by Crippen LogP contribution is -2.04. The van der Waals surface area contributed by atoms with Gasteiger partial charge in [0, 0.05) is 5.69 Å². The molecule has 2 N–H and O–H groups in total. The number of benzene rings is 2. The molecule has 2 aromatic heterocycles. The van der Waals surface area contributed by atoms with Crippen LogP contribution >= 0.6 is 0 Å². The molecule has 0 saturated carbocycles. The Morgan fingerprint density at radius 2 is 1.62 bits per heavy atom. The Bertz CT molecular complexity index is 1190. The van der Waals surface area contributed by atoms with Crippen LogP contribution in [-0.2, 0) is 9.47 Å². The van der Waals surface area contributed by atoms with Gasteiger partial charge in [-0.3, -0.25) is 5.10 Å². The Morgan fingerprint density at radius 3 is 2.31 bits per heavy atom. The third-order valence-corrected chi connectivity index (χ3v) is 4.24. The molecule has 0 radical (unpaired) electrons. The summed E-state index contributed by atoms with van der Waals surface area (Å²) >= 11 is 0. The first kappa shape index (κ1) is 18.5. The van der Waals surface area contributed by atoms with Crippen LogP contribution in [0.25, 0.3) is 16.8 Å². The number of hydrogen-bond acceptors (Lipinski definition) is 7. The van der Waals surface area contributed by atoms with Crippen LogP contribution in [0.15, 0.2) is 42.5 Å². The first-order valence-corrected chi connectivity index (χ1v) is 9.18. The van der Waals surface area contributed by atoms with Gasteiger partial charge in [0.2, 0.25) is 5.95 Å². The van der Waals surface area contributed by atoms with Crippen molar-refractivity contribution in [3.8, 4) is 0 Å². The van der Waals surface area contributed by atoms with Gasteiger partial charge in [0.15, 0.2) is 0 Å². The van der Waals surface area contributed by atoms with Crippen molar-refractivity contribution >= 4 is 40.4 Å². The Kier molecular flexibility index (Phi) is 4.86. The zero-order chi connectivity index (χ0) is 20.4. The van der Waals surface area contributed by atoms with Gasteiger partial charge in [-0.05, 0) is 56.3 Å². The van der Waals surface area contributed by atoms with E-state index in [4.69, 9.17) is 9.47 Å². The van der Waals surface area contributed by atoms with Crippen molar-refractivity contribution in [2.75, 3.05) is 18.5 Å². The molecule has 29 heavy (non-hydrogen) atoms. The lowest BCUT2D eigenvalue weighted by molar-refractivity contribution is 0.0517. The van der Waals surface area contributed by atoms with Crippen LogP contribution in [0.5, 0.6) is 0 Å². The highest BCUT2D eigenvalue weighted by atomic mass is 16.5. The number of nitrogens with zero attached hydrogens (tertiary/aromatic N) is 3. The van der Waals surface area contributed by atoms with Crippen molar-refractivity contribution < 1.29 is 19.1 Å². The maximum atomic E-state index is 11.9. The normalized spacial score (nSPS) is 11.0. The molecule has 2 heterocycles. The SMILES string of the molecule is CCOC(=O)c1ccc(Nc2nc3nc4cc(C(=O)OCC)ccc4n3[nH]2)cc1. The van der Waals surface area contributed by atoms with Crippen LogP contribution in [0, 0.1) is 0 Å². The predicted molar refractivity (Wildman–Crippen MR) is 106 cm³/mol. The molecule has 4 aromatic rings. The van der Waals surface area contributed by atoms with E-state index in [1.807, 2.05) is 0 Å². The van der Waals surface area contributed by atoms with Gasteiger partial charge in [-0.25, -0.2) is 19.1 Å². The number of aromatic amines is 1. The Morgan fingerprint density at radius 1 is 0.966 bits per heavy atom. The van der Waals surface area contributed by atoms with Crippen LogP contribution in [-0.4, -0.2) is 44.7 Å². The van der Waals surface area contributed by atoms with Crippen molar-refractivity contribution in [1.29, 1.82) is 0 Å². The third kappa shape index (κ3) is 3.62. The topological polar surface area (TPSA) is 111 Å². The second kappa shape index (κ2) is 7.63. The summed E-state index contributed by atoms with van der Waals surface area (Å²) in [6, 6.07) is 12.1. The highest BCUT2D eigenvalue weighted by molar-refractivity contribution is 5.94. The second-order valence-corrected chi connectivity index (χ2v) is 6.17. The first-order chi connectivity index (χ1) is 14.1. The summed E-state index contributed by atoms with van der Waals surface area (Å²) in [5, 5.41) is 6.26. The van der Waals surface area contributed by atoms with Crippen LogP contribution in [0.2, 0.25) is 0 Å². The molecule has 2 aromatic carbocycles. The molecule has 0 saturated heterocycles. The average molecular weight is 393 g/mol. The van der Waals surface area contributed by atoms with Crippen molar-refractivity contribution in [3.05, 3.63) is 53.6 Å². The first-order valence-electron chi connectivity index (χ1n) is 9.18. The molecule has 9 heteroatoms. The number of carbonyl (C=O) groups excluding carboxylic acids is 2. The number of anilines is 2. The van der Waals surface area contributed by atoms with Gasteiger partial charge in [-0.15, -0.1) is 0 Å². The molecule has 0 aliphatic heterocycles. The van der Waals surface area contributed by atoms with Crippen molar-refractivity contribution in [3.63, 3.8) is 0 Å². The van der Waals surface area contributed by atoms with Gasteiger partial charge in [-0.1, -0.05) is 0 Å². The Hall–Kier alpha value is -3.88. The summed E-state index contributed by atoms with van der Waals surface area (Å²) in [5.74, 6) is 0.219. The second-order valence-electron chi connectivity index (χ2n) is 6.17. The van der Waals surface area contributed by atoms with Gasteiger partial charge in [0.25, 0.3) is 5.78 Å². The smallest absolute Gasteiger partial charge is 0.338 e. The average Bonchev–Trinajstić information content (AvgIpc) is 3.25. The fourth-order valence-electron chi connectivity index (χ4n) is 2.92.